The number of hydrogen-bond acceptors (Lipinski definition) is 1. The van der Waals surface area contributed by atoms with Crippen LogP contribution in [0.15, 0.2) is 12.7 Å². The third-order valence-corrected chi connectivity index (χ3v) is 1.65. The second kappa shape index (κ2) is 6.85. The fourth-order valence-corrected chi connectivity index (χ4v) is 0.974. The van der Waals surface area contributed by atoms with E-state index in [0.29, 0.717) is 13.1 Å². The maximum absolute atomic E-state index is 10.6. The van der Waals surface area contributed by atoms with Crippen LogP contribution in [0.4, 0.5) is 4.79 Å². The molecule has 0 saturated carbocycles. The summed E-state index contributed by atoms with van der Waals surface area (Å²) in [5, 5.41) is 8.68. The zero-order chi connectivity index (χ0) is 9.40. The second-order valence-electron chi connectivity index (χ2n) is 2.72. The van der Waals surface area contributed by atoms with Crippen molar-refractivity contribution in [3.05, 3.63) is 12.7 Å². The molecule has 0 saturated heterocycles. The van der Waals surface area contributed by atoms with E-state index in [0.717, 1.165) is 19.3 Å². The number of carbonyl (C=O) groups is 1. The van der Waals surface area contributed by atoms with Crippen molar-refractivity contribution in [3.8, 4) is 0 Å². The predicted molar refractivity (Wildman–Crippen MR) is 49.6 cm³/mol. The number of rotatable bonds is 6. The molecule has 0 rings (SSSR count). The van der Waals surface area contributed by atoms with Gasteiger partial charge in [-0.2, -0.15) is 4.79 Å². The molecule has 1 radical (unpaired) electrons. The normalized spacial score (nSPS) is 10.2. The lowest BCUT2D eigenvalue weighted by Crippen LogP contribution is -2.36. The van der Waals surface area contributed by atoms with E-state index in [1.165, 1.54) is 4.90 Å². The van der Waals surface area contributed by atoms with Crippen LogP contribution in [0.3, 0.4) is 0 Å². The third-order valence-electron chi connectivity index (χ3n) is 1.65. The van der Waals surface area contributed by atoms with E-state index in [-0.39, 0.29) is 0 Å². The minimum atomic E-state index is -0.856. The Morgan fingerprint density at radius 1 is 1.58 bits per heavy atom. The molecule has 0 aromatic heterocycles. The van der Waals surface area contributed by atoms with E-state index in [4.69, 9.17) is 5.11 Å². The van der Waals surface area contributed by atoms with Crippen LogP contribution in [0.25, 0.3) is 0 Å². The zero-order valence-corrected chi connectivity index (χ0v) is 7.62. The Morgan fingerprint density at radius 2 is 2.25 bits per heavy atom. The summed E-state index contributed by atoms with van der Waals surface area (Å²) >= 11 is 0. The Hall–Kier alpha value is -0.830. The molecule has 0 aromatic carbocycles. The van der Waals surface area contributed by atoms with Crippen molar-refractivity contribution in [2.75, 3.05) is 13.1 Å². The molecule has 0 unspecified atom stereocenters. The molecule has 12 heavy (non-hydrogen) atoms. The summed E-state index contributed by atoms with van der Waals surface area (Å²) in [5.41, 5.74) is 0. The van der Waals surface area contributed by atoms with Gasteiger partial charge < -0.3 is 5.11 Å². The first kappa shape index (κ1) is 11.2. The van der Waals surface area contributed by atoms with Gasteiger partial charge in [0, 0.05) is 6.42 Å². The summed E-state index contributed by atoms with van der Waals surface area (Å²) in [6.07, 6.45) is 3.89. The standard InChI is InChI=1S/C9H17NO2/c1-3-5-6-8-10(7-4-2)9(11)12/h4H,2-3,5-8H2,1H3,(H,11,12)/q+1. The van der Waals surface area contributed by atoms with Gasteiger partial charge in [-0.1, -0.05) is 24.8 Å². The van der Waals surface area contributed by atoms with E-state index in [1.807, 2.05) is 0 Å². The van der Waals surface area contributed by atoms with Crippen molar-refractivity contribution < 1.29 is 9.90 Å². The van der Waals surface area contributed by atoms with E-state index in [1.54, 1.807) is 6.08 Å². The lowest BCUT2D eigenvalue weighted by atomic mass is 10.2. The maximum atomic E-state index is 10.6. The van der Waals surface area contributed by atoms with E-state index in [2.05, 4.69) is 13.5 Å². The maximum Gasteiger partial charge on any atom is 0.563 e. The van der Waals surface area contributed by atoms with Gasteiger partial charge in [0.1, 0.15) is 6.54 Å². The van der Waals surface area contributed by atoms with Crippen LogP contribution < -0.4 is 4.90 Å². The number of carboxylic acid groups (broad SMARTS) is 1. The van der Waals surface area contributed by atoms with Gasteiger partial charge in [-0.3, -0.25) is 0 Å². The number of unbranched alkanes of at least 4 members (excludes halogenated alkanes) is 2. The minimum absolute atomic E-state index is 0.430. The Bertz CT molecular complexity index is 145. The molecule has 0 atom stereocenters. The van der Waals surface area contributed by atoms with Gasteiger partial charge in [-0.05, 0) is 12.5 Å². The molecule has 0 aromatic rings. The smallest absolute Gasteiger partial charge is 0.432 e. The van der Waals surface area contributed by atoms with Gasteiger partial charge in [0.05, 0.1) is 0 Å². The molecule has 0 aliphatic rings. The molecule has 1 amide bonds. The van der Waals surface area contributed by atoms with Crippen LogP contribution >= 0.6 is 0 Å². The quantitative estimate of drug-likeness (QED) is 0.378. The molecular weight excluding hydrogens is 154 g/mol. The molecular formula is C9H17NO2+. The fraction of sp³-hybridized carbons (Fsp3) is 0.667. The lowest BCUT2D eigenvalue weighted by molar-refractivity contribution is 0.174. The van der Waals surface area contributed by atoms with Crippen LogP contribution in [-0.4, -0.2) is 24.3 Å². The minimum Gasteiger partial charge on any atom is -0.432 e. The van der Waals surface area contributed by atoms with E-state index < -0.39 is 6.09 Å². The summed E-state index contributed by atoms with van der Waals surface area (Å²) in [6.45, 7) is 6.65. The van der Waals surface area contributed by atoms with Crippen molar-refractivity contribution in [1.82, 2.24) is 4.90 Å². The Balaban J connectivity index is 3.63. The van der Waals surface area contributed by atoms with Crippen LogP contribution in [0.5, 0.6) is 0 Å². The van der Waals surface area contributed by atoms with Gasteiger partial charge in [0.2, 0.25) is 0 Å². The van der Waals surface area contributed by atoms with Crippen molar-refractivity contribution in [1.29, 1.82) is 0 Å². The molecule has 0 bridgehead atoms. The molecule has 0 aliphatic heterocycles. The second-order valence-corrected chi connectivity index (χ2v) is 2.72. The highest BCUT2D eigenvalue weighted by atomic mass is 16.4. The zero-order valence-electron chi connectivity index (χ0n) is 7.62. The van der Waals surface area contributed by atoms with Crippen LogP contribution in [0, 0.1) is 0 Å². The summed E-state index contributed by atoms with van der Waals surface area (Å²) < 4.78 is 0. The Labute approximate surface area is 73.7 Å². The molecule has 0 spiro atoms. The molecule has 3 heteroatoms. The van der Waals surface area contributed by atoms with Crippen molar-refractivity contribution in [3.63, 3.8) is 0 Å². The first-order valence-electron chi connectivity index (χ1n) is 4.31. The average Bonchev–Trinajstić information content (AvgIpc) is 2.03. The van der Waals surface area contributed by atoms with Crippen LogP contribution in [0.2, 0.25) is 0 Å². The highest BCUT2D eigenvalue weighted by Gasteiger charge is 2.22. The predicted octanol–water partition coefficient (Wildman–Crippen LogP) is 2.18. The highest BCUT2D eigenvalue weighted by Crippen LogP contribution is 1.96. The molecule has 0 heterocycles. The summed E-state index contributed by atoms with van der Waals surface area (Å²) in [5.74, 6) is 0. The monoisotopic (exact) mass is 171 g/mol. The van der Waals surface area contributed by atoms with Crippen LogP contribution in [0.1, 0.15) is 26.2 Å². The molecule has 69 valence electrons. The van der Waals surface area contributed by atoms with Crippen molar-refractivity contribution in [2.45, 2.75) is 26.2 Å². The first-order chi connectivity index (χ1) is 5.72. The van der Waals surface area contributed by atoms with Gasteiger partial charge in [-0.25, -0.2) is 0 Å². The van der Waals surface area contributed by atoms with Gasteiger partial charge >= 0.3 is 6.09 Å². The Morgan fingerprint density at radius 3 is 2.67 bits per heavy atom. The molecule has 3 nitrogen and oxygen atoms in total. The van der Waals surface area contributed by atoms with Gasteiger partial charge in [0.15, 0.2) is 6.54 Å². The van der Waals surface area contributed by atoms with Crippen molar-refractivity contribution in [2.24, 2.45) is 0 Å². The first-order valence-corrected chi connectivity index (χ1v) is 4.31. The van der Waals surface area contributed by atoms with Crippen molar-refractivity contribution >= 4 is 6.09 Å². The number of amides is 1. The molecule has 0 fully saturated rings. The number of nitrogens with zero attached hydrogens (tertiary/aromatic N) is 1. The Kier molecular flexibility index (Phi) is 6.38. The number of hydrogen-bond donors (Lipinski definition) is 1. The summed E-state index contributed by atoms with van der Waals surface area (Å²) in [7, 11) is 0. The highest BCUT2D eigenvalue weighted by molar-refractivity contribution is 5.68. The lowest BCUT2D eigenvalue weighted by Gasteiger charge is -2.02. The molecule has 0 aliphatic carbocycles. The van der Waals surface area contributed by atoms with Gasteiger partial charge in [0.25, 0.3) is 0 Å². The summed E-state index contributed by atoms with van der Waals surface area (Å²) in [4.78, 5) is 11.9. The average molecular weight is 171 g/mol. The summed E-state index contributed by atoms with van der Waals surface area (Å²) in [6, 6.07) is 0. The van der Waals surface area contributed by atoms with Crippen LogP contribution in [-0.2, 0) is 0 Å². The topological polar surface area (TPSA) is 43.2 Å². The fourth-order valence-electron chi connectivity index (χ4n) is 0.974. The van der Waals surface area contributed by atoms with E-state index >= 15 is 0 Å². The SMILES string of the molecule is C=CC[N+](CCCCC)C(=O)O. The van der Waals surface area contributed by atoms with Gasteiger partial charge in [-0.15, -0.1) is 0 Å². The molecule has 1 N–H and O–H groups in total. The van der Waals surface area contributed by atoms with E-state index in [9.17, 15) is 4.79 Å². The third kappa shape index (κ3) is 4.91. The largest absolute Gasteiger partial charge is 0.563 e.